The molecule has 1 fully saturated rings. The minimum atomic E-state index is -1.24. The summed E-state index contributed by atoms with van der Waals surface area (Å²) in [6, 6.07) is 4.11. The van der Waals surface area contributed by atoms with E-state index in [4.69, 9.17) is 0 Å². The lowest BCUT2D eigenvalue weighted by Crippen LogP contribution is -2.55. The van der Waals surface area contributed by atoms with Gasteiger partial charge in [0, 0.05) is 0 Å². The first-order chi connectivity index (χ1) is 9.46. The summed E-state index contributed by atoms with van der Waals surface area (Å²) in [5.74, 6) is -2.15. The molecule has 2 rings (SSSR count). The van der Waals surface area contributed by atoms with Crippen LogP contribution in [0.2, 0.25) is 0 Å². The number of carbonyl (C=O) groups excluding carboxylic acids is 1. The molecule has 0 aromatic heterocycles. The second-order valence-electron chi connectivity index (χ2n) is 5.00. The third kappa shape index (κ3) is 2.85. The van der Waals surface area contributed by atoms with Crippen LogP contribution in [0.5, 0.6) is 0 Å². The zero-order chi connectivity index (χ0) is 14.8. The molecule has 0 radical (unpaired) electrons. The Labute approximate surface area is 124 Å². The highest BCUT2D eigenvalue weighted by molar-refractivity contribution is 9.10. The Kier molecular flexibility index (Phi) is 4.42. The van der Waals surface area contributed by atoms with Crippen LogP contribution in [0.25, 0.3) is 0 Å². The molecule has 1 aromatic rings. The molecule has 1 aliphatic carbocycles. The minimum Gasteiger partial charge on any atom is -0.480 e. The second-order valence-corrected chi connectivity index (χ2v) is 5.80. The number of carboxylic acids is 1. The Morgan fingerprint density at radius 2 is 1.90 bits per heavy atom. The summed E-state index contributed by atoms with van der Waals surface area (Å²) in [6.07, 6.45) is 3.30. The van der Waals surface area contributed by atoms with Gasteiger partial charge in [0.2, 0.25) is 0 Å². The van der Waals surface area contributed by atoms with Crippen LogP contribution in [-0.2, 0) is 4.79 Å². The maximum atomic E-state index is 13.4. The Morgan fingerprint density at radius 1 is 1.25 bits per heavy atom. The molecule has 0 aliphatic heterocycles. The van der Waals surface area contributed by atoms with Crippen molar-refractivity contribution in [2.24, 2.45) is 0 Å². The molecule has 1 amide bonds. The monoisotopic (exact) mass is 343 g/mol. The van der Waals surface area contributed by atoms with E-state index in [-0.39, 0.29) is 10.0 Å². The molecule has 2 N–H and O–H groups in total. The largest absolute Gasteiger partial charge is 0.480 e. The summed E-state index contributed by atoms with van der Waals surface area (Å²) in [4.78, 5) is 23.7. The zero-order valence-corrected chi connectivity index (χ0v) is 12.4. The predicted octanol–water partition coefficient (Wildman–Crippen LogP) is 3.11. The van der Waals surface area contributed by atoms with Crippen molar-refractivity contribution in [1.82, 2.24) is 5.32 Å². The van der Waals surface area contributed by atoms with Gasteiger partial charge < -0.3 is 10.4 Å². The third-order valence-corrected chi connectivity index (χ3v) is 4.47. The van der Waals surface area contributed by atoms with E-state index >= 15 is 0 Å². The fourth-order valence-electron chi connectivity index (χ4n) is 2.51. The van der Waals surface area contributed by atoms with E-state index in [1.807, 2.05) is 0 Å². The van der Waals surface area contributed by atoms with Gasteiger partial charge in [0.25, 0.3) is 5.91 Å². The molecule has 0 unspecified atom stereocenters. The normalized spacial score (nSPS) is 17.5. The molecular formula is C14H15BrFNO3. The van der Waals surface area contributed by atoms with E-state index in [1.54, 1.807) is 0 Å². The number of aliphatic carboxylic acids is 1. The summed E-state index contributed by atoms with van der Waals surface area (Å²) in [7, 11) is 0. The SMILES string of the molecule is O=C(NC1(C(=O)O)CCCCC1)c1cccc(F)c1Br. The number of halogens is 2. The predicted molar refractivity (Wildman–Crippen MR) is 75.0 cm³/mol. The highest BCUT2D eigenvalue weighted by atomic mass is 79.9. The van der Waals surface area contributed by atoms with Crippen LogP contribution in [0, 0.1) is 5.82 Å². The number of carbonyl (C=O) groups is 2. The van der Waals surface area contributed by atoms with Crippen LogP contribution in [-0.4, -0.2) is 22.5 Å². The van der Waals surface area contributed by atoms with Crippen LogP contribution in [0.4, 0.5) is 4.39 Å². The molecule has 1 aromatic carbocycles. The number of carboxylic acid groups (broad SMARTS) is 1. The van der Waals surface area contributed by atoms with Crippen molar-refractivity contribution in [2.75, 3.05) is 0 Å². The average molecular weight is 344 g/mol. The van der Waals surface area contributed by atoms with Gasteiger partial charge in [-0.15, -0.1) is 0 Å². The van der Waals surface area contributed by atoms with Gasteiger partial charge in [-0.25, -0.2) is 9.18 Å². The van der Waals surface area contributed by atoms with Crippen molar-refractivity contribution < 1.29 is 19.1 Å². The average Bonchev–Trinajstić information content (AvgIpc) is 2.42. The van der Waals surface area contributed by atoms with Crippen LogP contribution in [0.15, 0.2) is 22.7 Å². The third-order valence-electron chi connectivity index (χ3n) is 3.67. The first-order valence-electron chi connectivity index (χ1n) is 6.46. The number of amides is 1. The first kappa shape index (κ1) is 15.0. The summed E-state index contributed by atoms with van der Waals surface area (Å²) in [5, 5.41) is 12.0. The minimum absolute atomic E-state index is 0.0499. The fourth-order valence-corrected chi connectivity index (χ4v) is 2.96. The fraction of sp³-hybridized carbons (Fsp3) is 0.429. The van der Waals surface area contributed by atoms with Gasteiger partial charge in [-0.1, -0.05) is 25.3 Å². The quantitative estimate of drug-likeness (QED) is 0.886. The molecule has 6 heteroatoms. The molecular weight excluding hydrogens is 329 g/mol. The Bertz CT molecular complexity index is 541. The Hall–Kier alpha value is -1.43. The van der Waals surface area contributed by atoms with Crippen molar-refractivity contribution in [2.45, 2.75) is 37.6 Å². The van der Waals surface area contributed by atoms with Crippen LogP contribution in [0.3, 0.4) is 0 Å². The number of nitrogens with one attached hydrogen (secondary N) is 1. The second kappa shape index (κ2) is 5.91. The van der Waals surface area contributed by atoms with Gasteiger partial charge in [0.05, 0.1) is 10.0 Å². The highest BCUT2D eigenvalue weighted by Gasteiger charge is 2.41. The number of hydrogen-bond donors (Lipinski definition) is 2. The maximum absolute atomic E-state index is 13.4. The lowest BCUT2D eigenvalue weighted by Gasteiger charge is -2.34. The standard InChI is InChI=1S/C14H15BrFNO3/c15-11-9(5-4-6-10(11)16)12(18)17-14(13(19)20)7-2-1-3-8-14/h4-6H,1-3,7-8H2,(H,17,18)(H,19,20). The summed E-state index contributed by atoms with van der Waals surface area (Å²) < 4.78 is 13.5. The van der Waals surface area contributed by atoms with Gasteiger partial charge in [0.15, 0.2) is 0 Å². The van der Waals surface area contributed by atoms with Crippen molar-refractivity contribution in [3.8, 4) is 0 Å². The van der Waals surface area contributed by atoms with Gasteiger partial charge in [0.1, 0.15) is 11.4 Å². The van der Waals surface area contributed by atoms with Gasteiger partial charge in [-0.3, -0.25) is 4.79 Å². The molecule has 1 saturated carbocycles. The molecule has 0 spiro atoms. The Morgan fingerprint density at radius 3 is 2.50 bits per heavy atom. The smallest absolute Gasteiger partial charge is 0.329 e. The van der Waals surface area contributed by atoms with Crippen molar-refractivity contribution in [1.29, 1.82) is 0 Å². The van der Waals surface area contributed by atoms with Crippen LogP contribution in [0.1, 0.15) is 42.5 Å². The van der Waals surface area contributed by atoms with Gasteiger partial charge in [-0.05, 0) is 40.9 Å². The Balaban J connectivity index is 2.25. The van der Waals surface area contributed by atoms with Crippen molar-refractivity contribution in [3.63, 3.8) is 0 Å². The van der Waals surface area contributed by atoms with Crippen molar-refractivity contribution >= 4 is 27.8 Å². The molecule has 108 valence electrons. The van der Waals surface area contributed by atoms with Crippen molar-refractivity contribution in [3.05, 3.63) is 34.1 Å². The van der Waals surface area contributed by atoms with E-state index < -0.39 is 23.2 Å². The van der Waals surface area contributed by atoms with Gasteiger partial charge in [-0.2, -0.15) is 0 Å². The van der Waals surface area contributed by atoms with E-state index in [9.17, 15) is 19.1 Å². The summed E-state index contributed by atoms with van der Waals surface area (Å²) in [5.41, 5.74) is -1.13. The van der Waals surface area contributed by atoms with E-state index in [0.29, 0.717) is 12.8 Å². The molecule has 0 saturated heterocycles. The van der Waals surface area contributed by atoms with E-state index in [2.05, 4.69) is 21.2 Å². The van der Waals surface area contributed by atoms with Crippen LogP contribution < -0.4 is 5.32 Å². The lowest BCUT2D eigenvalue weighted by atomic mass is 9.81. The van der Waals surface area contributed by atoms with Gasteiger partial charge >= 0.3 is 5.97 Å². The number of benzene rings is 1. The first-order valence-corrected chi connectivity index (χ1v) is 7.25. The molecule has 0 bridgehead atoms. The topological polar surface area (TPSA) is 66.4 Å². The lowest BCUT2D eigenvalue weighted by molar-refractivity contribution is -0.145. The highest BCUT2D eigenvalue weighted by Crippen LogP contribution is 2.29. The zero-order valence-electron chi connectivity index (χ0n) is 10.8. The maximum Gasteiger partial charge on any atom is 0.329 e. The summed E-state index contributed by atoms with van der Waals surface area (Å²) in [6.45, 7) is 0. The molecule has 20 heavy (non-hydrogen) atoms. The van der Waals surface area contributed by atoms with E-state index in [1.165, 1.54) is 18.2 Å². The summed E-state index contributed by atoms with van der Waals surface area (Å²) >= 11 is 3.02. The molecule has 0 heterocycles. The number of hydrogen-bond acceptors (Lipinski definition) is 2. The number of rotatable bonds is 3. The van der Waals surface area contributed by atoms with Crippen LogP contribution >= 0.6 is 15.9 Å². The van der Waals surface area contributed by atoms with E-state index in [0.717, 1.165) is 19.3 Å². The molecule has 4 nitrogen and oxygen atoms in total. The molecule has 1 aliphatic rings. The molecule has 0 atom stereocenters.